The predicted octanol–water partition coefficient (Wildman–Crippen LogP) is 1.19. The summed E-state index contributed by atoms with van der Waals surface area (Å²) in [5.74, 6) is -1.58. The van der Waals surface area contributed by atoms with E-state index in [2.05, 4.69) is 5.32 Å². The summed E-state index contributed by atoms with van der Waals surface area (Å²) in [4.78, 5) is 25.4. The number of hydrogen-bond donors (Lipinski definition) is 2. The van der Waals surface area contributed by atoms with E-state index in [1.54, 1.807) is 0 Å². The molecule has 3 atom stereocenters. The lowest BCUT2D eigenvalue weighted by Crippen LogP contribution is -2.49. The first-order valence-electron chi connectivity index (χ1n) is 6.83. The molecule has 0 aromatic heterocycles. The highest BCUT2D eigenvalue weighted by atomic mass is 16.4. The average molecular weight is 270 g/mol. The van der Waals surface area contributed by atoms with Gasteiger partial charge in [-0.3, -0.25) is 9.59 Å². The van der Waals surface area contributed by atoms with Crippen molar-refractivity contribution < 1.29 is 14.7 Å². The molecule has 5 nitrogen and oxygen atoms in total. The van der Waals surface area contributed by atoms with Gasteiger partial charge in [-0.15, -0.1) is 0 Å². The molecule has 0 saturated heterocycles. The van der Waals surface area contributed by atoms with E-state index in [-0.39, 0.29) is 17.4 Å². The highest BCUT2D eigenvalue weighted by molar-refractivity contribution is 5.85. The second kappa shape index (κ2) is 5.90. The van der Waals surface area contributed by atoms with Crippen molar-refractivity contribution in [2.24, 2.45) is 17.8 Å². The van der Waals surface area contributed by atoms with Gasteiger partial charge in [-0.1, -0.05) is 6.92 Å². The SMILES string of the molecule is CC1C[C@H](C(=O)NCC(C)(C)N(C)C)[C@H](C(=O)O)C1. The van der Waals surface area contributed by atoms with Gasteiger partial charge < -0.3 is 15.3 Å². The summed E-state index contributed by atoms with van der Waals surface area (Å²) in [5, 5.41) is 12.1. The number of rotatable bonds is 5. The number of hydrogen-bond acceptors (Lipinski definition) is 3. The molecule has 0 radical (unpaired) electrons. The number of carboxylic acid groups (broad SMARTS) is 1. The van der Waals surface area contributed by atoms with Crippen molar-refractivity contribution in [3.63, 3.8) is 0 Å². The molecule has 0 bridgehead atoms. The normalized spacial score (nSPS) is 27.6. The molecule has 0 aromatic carbocycles. The third kappa shape index (κ3) is 3.93. The first kappa shape index (κ1) is 16.0. The average Bonchev–Trinajstić information content (AvgIpc) is 2.68. The van der Waals surface area contributed by atoms with Crippen LogP contribution in [0.4, 0.5) is 0 Å². The van der Waals surface area contributed by atoms with Gasteiger partial charge in [-0.25, -0.2) is 0 Å². The second-order valence-corrected chi connectivity index (χ2v) is 6.55. The number of nitrogens with one attached hydrogen (secondary N) is 1. The molecule has 1 rings (SSSR count). The molecule has 0 heterocycles. The first-order chi connectivity index (χ1) is 8.65. The largest absolute Gasteiger partial charge is 0.481 e. The van der Waals surface area contributed by atoms with Crippen LogP contribution in [0.15, 0.2) is 0 Å². The lowest BCUT2D eigenvalue weighted by atomic mass is 9.94. The lowest BCUT2D eigenvalue weighted by molar-refractivity contribution is -0.146. The maximum absolute atomic E-state index is 12.2. The molecule has 5 heteroatoms. The van der Waals surface area contributed by atoms with E-state index in [1.807, 2.05) is 39.8 Å². The van der Waals surface area contributed by atoms with Gasteiger partial charge in [0.2, 0.25) is 5.91 Å². The van der Waals surface area contributed by atoms with E-state index in [1.165, 1.54) is 0 Å². The number of nitrogens with zero attached hydrogens (tertiary/aromatic N) is 1. The molecule has 0 aromatic rings. The maximum Gasteiger partial charge on any atom is 0.307 e. The van der Waals surface area contributed by atoms with Crippen molar-refractivity contribution in [3.05, 3.63) is 0 Å². The number of amides is 1. The highest BCUT2D eigenvalue weighted by Crippen LogP contribution is 2.36. The molecule has 1 aliphatic rings. The minimum Gasteiger partial charge on any atom is -0.481 e. The Morgan fingerprint density at radius 3 is 2.26 bits per heavy atom. The van der Waals surface area contributed by atoms with Crippen LogP contribution < -0.4 is 5.32 Å². The van der Waals surface area contributed by atoms with E-state index in [0.717, 1.165) is 0 Å². The quantitative estimate of drug-likeness (QED) is 0.787. The Morgan fingerprint density at radius 1 is 1.26 bits per heavy atom. The zero-order chi connectivity index (χ0) is 14.8. The predicted molar refractivity (Wildman–Crippen MR) is 73.8 cm³/mol. The van der Waals surface area contributed by atoms with Crippen molar-refractivity contribution in [1.29, 1.82) is 0 Å². The molecule has 1 aliphatic carbocycles. The van der Waals surface area contributed by atoms with Crippen molar-refractivity contribution >= 4 is 11.9 Å². The molecule has 1 amide bonds. The van der Waals surface area contributed by atoms with E-state index < -0.39 is 11.9 Å². The Balaban J connectivity index is 2.60. The monoisotopic (exact) mass is 270 g/mol. The van der Waals surface area contributed by atoms with Crippen molar-refractivity contribution in [2.45, 2.75) is 39.2 Å². The Labute approximate surface area is 115 Å². The van der Waals surface area contributed by atoms with Crippen molar-refractivity contribution in [2.75, 3.05) is 20.6 Å². The smallest absolute Gasteiger partial charge is 0.307 e. The number of aliphatic carboxylic acids is 1. The van der Waals surface area contributed by atoms with Gasteiger partial charge in [-0.05, 0) is 46.7 Å². The summed E-state index contributed by atoms with van der Waals surface area (Å²) in [5.41, 5.74) is -0.140. The summed E-state index contributed by atoms with van der Waals surface area (Å²) >= 11 is 0. The van der Waals surface area contributed by atoms with Gasteiger partial charge in [0.05, 0.1) is 11.8 Å². The van der Waals surface area contributed by atoms with E-state index in [0.29, 0.717) is 25.3 Å². The topological polar surface area (TPSA) is 69.6 Å². The summed E-state index contributed by atoms with van der Waals surface area (Å²) in [6.45, 7) is 6.61. The maximum atomic E-state index is 12.2. The molecule has 110 valence electrons. The zero-order valence-electron chi connectivity index (χ0n) is 12.6. The first-order valence-corrected chi connectivity index (χ1v) is 6.83. The van der Waals surface area contributed by atoms with Crippen LogP contribution in [0.5, 0.6) is 0 Å². The van der Waals surface area contributed by atoms with Gasteiger partial charge >= 0.3 is 5.97 Å². The second-order valence-electron chi connectivity index (χ2n) is 6.55. The third-order valence-corrected chi connectivity index (χ3v) is 4.36. The van der Waals surface area contributed by atoms with E-state index in [4.69, 9.17) is 0 Å². The summed E-state index contributed by atoms with van der Waals surface area (Å²) < 4.78 is 0. The summed E-state index contributed by atoms with van der Waals surface area (Å²) in [6.07, 6.45) is 1.27. The number of carboxylic acids is 1. The highest BCUT2D eigenvalue weighted by Gasteiger charge is 2.41. The van der Waals surface area contributed by atoms with Crippen LogP contribution in [0, 0.1) is 17.8 Å². The fraction of sp³-hybridized carbons (Fsp3) is 0.857. The zero-order valence-corrected chi connectivity index (χ0v) is 12.6. The standard InChI is InChI=1S/C14H26N2O3/c1-9-6-10(11(7-9)13(18)19)12(17)15-8-14(2,3)16(4)5/h9-11H,6-8H2,1-5H3,(H,15,17)(H,18,19)/t9?,10-,11+/m0/s1. The Morgan fingerprint density at radius 2 is 1.79 bits per heavy atom. The molecule has 1 saturated carbocycles. The van der Waals surface area contributed by atoms with Crippen LogP contribution in [0.25, 0.3) is 0 Å². The van der Waals surface area contributed by atoms with Gasteiger partial charge in [0.1, 0.15) is 0 Å². The van der Waals surface area contributed by atoms with Crippen LogP contribution >= 0.6 is 0 Å². The van der Waals surface area contributed by atoms with Crippen LogP contribution in [0.1, 0.15) is 33.6 Å². The Hall–Kier alpha value is -1.10. The van der Waals surface area contributed by atoms with Crippen LogP contribution in [0.2, 0.25) is 0 Å². The molecule has 0 aliphatic heterocycles. The fourth-order valence-electron chi connectivity index (χ4n) is 2.45. The molecule has 1 fully saturated rings. The number of carbonyl (C=O) groups is 2. The summed E-state index contributed by atoms with van der Waals surface area (Å²) in [6, 6.07) is 0. The van der Waals surface area contributed by atoms with Gasteiger partial charge in [0.15, 0.2) is 0 Å². The minimum atomic E-state index is -0.851. The molecular formula is C14H26N2O3. The molecule has 2 N–H and O–H groups in total. The van der Waals surface area contributed by atoms with Crippen LogP contribution in [-0.2, 0) is 9.59 Å². The van der Waals surface area contributed by atoms with Gasteiger partial charge in [0.25, 0.3) is 0 Å². The van der Waals surface area contributed by atoms with Crippen LogP contribution in [-0.4, -0.2) is 48.1 Å². The fourth-order valence-corrected chi connectivity index (χ4v) is 2.45. The minimum absolute atomic E-state index is 0.119. The van der Waals surface area contributed by atoms with Crippen LogP contribution in [0.3, 0.4) is 0 Å². The van der Waals surface area contributed by atoms with E-state index in [9.17, 15) is 14.7 Å². The van der Waals surface area contributed by atoms with E-state index >= 15 is 0 Å². The number of likely N-dealkylation sites (N-methyl/N-ethyl adjacent to an activating group) is 1. The van der Waals surface area contributed by atoms with Gasteiger partial charge in [0, 0.05) is 12.1 Å². The van der Waals surface area contributed by atoms with Crippen molar-refractivity contribution in [1.82, 2.24) is 10.2 Å². The Bertz CT molecular complexity index is 353. The molecule has 19 heavy (non-hydrogen) atoms. The lowest BCUT2D eigenvalue weighted by Gasteiger charge is -2.33. The number of carbonyl (C=O) groups excluding carboxylic acids is 1. The molecular weight excluding hydrogens is 244 g/mol. The van der Waals surface area contributed by atoms with Gasteiger partial charge in [-0.2, -0.15) is 0 Å². The third-order valence-electron chi connectivity index (χ3n) is 4.36. The Kier molecular flexibility index (Phi) is 4.96. The summed E-state index contributed by atoms with van der Waals surface area (Å²) in [7, 11) is 3.92. The molecule has 0 spiro atoms. The van der Waals surface area contributed by atoms with Crippen molar-refractivity contribution in [3.8, 4) is 0 Å². The molecule has 1 unspecified atom stereocenters.